The molecule has 1 aromatic carbocycles. The number of halogens is 4. The highest BCUT2D eigenvalue weighted by Gasteiger charge is 2.46. The third-order valence-electron chi connectivity index (χ3n) is 6.29. The van der Waals surface area contributed by atoms with Gasteiger partial charge in [-0.25, -0.2) is 4.98 Å². The van der Waals surface area contributed by atoms with Crippen LogP contribution in [0.4, 0.5) is 19.0 Å². The number of phenolic OH excluding ortho intramolecular Hbond substituents is 1. The highest BCUT2D eigenvalue weighted by Crippen LogP contribution is 2.36. The van der Waals surface area contributed by atoms with Crippen molar-refractivity contribution in [2.75, 3.05) is 38.6 Å². The van der Waals surface area contributed by atoms with E-state index < -0.39 is 18.0 Å². The van der Waals surface area contributed by atoms with Gasteiger partial charge in [-0.3, -0.25) is 9.59 Å². The molecule has 1 atom stereocenters. The van der Waals surface area contributed by atoms with Crippen LogP contribution in [0.2, 0.25) is 5.15 Å². The predicted molar refractivity (Wildman–Crippen MR) is 131 cm³/mol. The molecule has 3 rings (SSSR count). The van der Waals surface area contributed by atoms with E-state index in [1.54, 1.807) is 26.2 Å². The Morgan fingerprint density at radius 3 is 2.50 bits per heavy atom. The van der Waals surface area contributed by atoms with Crippen LogP contribution < -0.4 is 10.2 Å². The van der Waals surface area contributed by atoms with Gasteiger partial charge in [-0.15, -0.1) is 0 Å². The van der Waals surface area contributed by atoms with Crippen molar-refractivity contribution in [2.24, 2.45) is 5.92 Å². The molecule has 2 heterocycles. The number of nitrogens with zero attached hydrogens (tertiary/aromatic N) is 3. The number of alkyl halides is 3. The van der Waals surface area contributed by atoms with Gasteiger partial charge >= 0.3 is 6.18 Å². The van der Waals surface area contributed by atoms with E-state index in [9.17, 15) is 27.9 Å². The van der Waals surface area contributed by atoms with Gasteiger partial charge < -0.3 is 20.2 Å². The molecule has 7 nitrogen and oxygen atoms in total. The fourth-order valence-corrected chi connectivity index (χ4v) is 4.58. The zero-order valence-corrected chi connectivity index (χ0v) is 20.9. The van der Waals surface area contributed by atoms with Crippen molar-refractivity contribution in [2.45, 2.75) is 37.8 Å². The number of carbonyl (C=O) groups excluding carboxylic acids is 2. The molecule has 1 aliphatic rings. The van der Waals surface area contributed by atoms with E-state index in [1.165, 1.54) is 23.1 Å². The van der Waals surface area contributed by atoms with Crippen molar-refractivity contribution < 1.29 is 27.9 Å². The summed E-state index contributed by atoms with van der Waals surface area (Å²) in [6.45, 7) is 1.63. The van der Waals surface area contributed by atoms with Crippen LogP contribution in [0.5, 0.6) is 5.75 Å². The van der Waals surface area contributed by atoms with Crippen LogP contribution in [0.1, 0.15) is 47.5 Å². The smallest absolute Gasteiger partial charge is 0.404 e. The molecule has 2 amide bonds. The van der Waals surface area contributed by atoms with Gasteiger partial charge in [0.15, 0.2) is 5.92 Å². The molecule has 0 spiro atoms. The van der Waals surface area contributed by atoms with Crippen molar-refractivity contribution in [3.8, 4) is 5.75 Å². The Kier molecular flexibility index (Phi) is 9.05. The predicted octanol–water partition coefficient (Wildman–Crippen LogP) is 4.60. The van der Waals surface area contributed by atoms with E-state index in [2.05, 4.69) is 15.2 Å². The van der Waals surface area contributed by atoms with E-state index in [0.29, 0.717) is 23.7 Å². The fraction of sp³-hybridized carbons (Fsp3) is 0.480. The minimum absolute atomic E-state index is 0.142. The fourth-order valence-electron chi connectivity index (χ4n) is 4.35. The Morgan fingerprint density at radius 1 is 1.22 bits per heavy atom. The molecule has 1 saturated heterocycles. The Morgan fingerprint density at radius 2 is 1.92 bits per heavy atom. The summed E-state index contributed by atoms with van der Waals surface area (Å²) < 4.78 is 40.5. The number of aromatic hydroxyl groups is 1. The van der Waals surface area contributed by atoms with Gasteiger partial charge in [0, 0.05) is 33.7 Å². The van der Waals surface area contributed by atoms with E-state index in [0.717, 1.165) is 38.4 Å². The van der Waals surface area contributed by atoms with E-state index in [1.807, 2.05) is 0 Å². The number of amides is 2. The van der Waals surface area contributed by atoms with Gasteiger partial charge in [-0.05, 0) is 61.4 Å². The van der Waals surface area contributed by atoms with Crippen LogP contribution in [0.15, 0.2) is 36.4 Å². The summed E-state index contributed by atoms with van der Waals surface area (Å²) in [5, 5.41) is 12.1. The molecule has 0 bridgehead atoms. The first kappa shape index (κ1) is 27.6. The largest absolute Gasteiger partial charge is 0.508 e. The summed E-state index contributed by atoms with van der Waals surface area (Å²) in [6.07, 6.45) is -1.67. The number of benzene rings is 1. The lowest BCUT2D eigenvalue weighted by Gasteiger charge is -2.33. The molecule has 11 heteroatoms. The average Bonchev–Trinajstić information content (AvgIpc) is 2.81. The zero-order chi connectivity index (χ0) is 26.5. The Bertz CT molecular complexity index is 1070. The first-order chi connectivity index (χ1) is 17.0. The third-order valence-corrected chi connectivity index (χ3v) is 6.58. The second-order valence-corrected chi connectivity index (χ2v) is 9.50. The van der Waals surface area contributed by atoms with Gasteiger partial charge in [0.1, 0.15) is 16.7 Å². The Hall–Kier alpha value is -3.01. The van der Waals surface area contributed by atoms with Crippen LogP contribution in [0.3, 0.4) is 0 Å². The molecular formula is C25H30ClF3N4O3. The molecular weight excluding hydrogens is 497 g/mol. The molecule has 0 radical (unpaired) electrons. The minimum Gasteiger partial charge on any atom is -0.508 e. The van der Waals surface area contributed by atoms with Gasteiger partial charge in [-0.2, -0.15) is 13.2 Å². The summed E-state index contributed by atoms with van der Waals surface area (Å²) in [5.41, 5.74) is 0.0550. The molecule has 196 valence electrons. The van der Waals surface area contributed by atoms with E-state index >= 15 is 0 Å². The quantitative estimate of drug-likeness (QED) is 0.388. The maximum atomic E-state index is 13.5. The van der Waals surface area contributed by atoms with Gasteiger partial charge in [0.25, 0.3) is 5.91 Å². The number of piperidine rings is 1. The minimum atomic E-state index is -4.76. The first-order valence-corrected chi connectivity index (χ1v) is 12.1. The third kappa shape index (κ3) is 7.02. The monoisotopic (exact) mass is 526 g/mol. The zero-order valence-electron chi connectivity index (χ0n) is 20.2. The van der Waals surface area contributed by atoms with Crippen LogP contribution >= 0.6 is 11.6 Å². The van der Waals surface area contributed by atoms with E-state index in [4.69, 9.17) is 11.6 Å². The summed E-state index contributed by atoms with van der Waals surface area (Å²) in [4.78, 5) is 32.4. The molecule has 1 fully saturated rings. The normalized spacial score (nSPS) is 15.4. The summed E-state index contributed by atoms with van der Waals surface area (Å²) in [5.74, 6) is -2.91. The van der Waals surface area contributed by atoms with Gasteiger partial charge in [0.2, 0.25) is 5.91 Å². The number of aromatic nitrogens is 1. The van der Waals surface area contributed by atoms with Crippen LogP contribution in [-0.2, 0) is 4.79 Å². The van der Waals surface area contributed by atoms with Crippen molar-refractivity contribution in [3.05, 3.63) is 52.7 Å². The maximum Gasteiger partial charge on any atom is 0.404 e. The second-order valence-electron chi connectivity index (χ2n) is 9.14. The van der Waals surface area contributed by atoms with Crippen LogP contribution in [-0.4, -0.2) is 66.7 Å². The van der Waals surface area contributed by atoms with Gasteiger partial charge in [-0.1, -0.05) is 23.7 Å². The van der Waals surface area contributed by atoms with Crippen molar-refractivity contribution in [1.29, 1.82) is 0 Å². The van der Waals surface area contributed by atoms with E-state index in [-0.39, 0.29) is 28.9 Å². The maximum absolute atomic E-state index is 13.5. The Labute approximate surface area is 213 Å². The summed E-state index contributed by atoms with van der Waals surface area (Å²) in [6, 6.07) is 8.13. The highest BCUT2D eigenvalue weighted by atomic mass is 35.5. The molecule has 0 aliphatic carbocycles. The molecule has 2 aromatic rings. The second kappa shape index (κ2) is 11.8. The number of hydrogen-bond acceptors (Lipinski definition) is 5. The lowest BCUT2D eigenvalue weighted by molar-refractivity contribution is -0.165. The van der Waals surface area contributed by atoms with Gasteiger partial charge in [0.05, 0.1) is 5.56 Å². The Balaban J connectivity index is 1.46. The SMILES string of the molecule is CN(C)C(=O)c1ccc(N2CCC(CCCNC(=O)C(c3cccc(O)c3)C(F)(F)F)CC2)nc1Cl. The molecule has 0 saturated carbocycles. The number of phenols is 1. The summed E-state index contributed by atoms with van der Waals surface area (Å²) in [7, 11) is 3.29. The molecule has 1 unspecified atom stereocenters. The average molecular weight is 527 g/mol. The number of pyridine rings is 1. The van der Waals surface area contributed by atoms with Crippen molar-refractivity contribution >= 4 is 29.2 Å². The lowest BCUT2D eigenvalue weighted by atomic mass is 9.92. The number of nitrogens with one attached hydrogen (secondary N) is 1. The molecule has 1 aromatic heterocycles. The number of rotatable bonds is 8. The molecule has 36 heavy (non-hydrogen) atoms. The summed E-state index contributed by atoms with van der Waals surface area (Å²) >= 11 is 6.22. The van der Waals surface area contributed by atoms with Crippen molar-refractivity contribution in [3.63, 3.8) is 0 Å². The highest BCUT2D eigenvalue weighted by molar-refractivity contribution is 6.32. The topological polar surface area (TPSA) is 85.8 Å². The van der Waals surface area contributed by atoms with Crippen molar-refractivity contribution in [1.82, 2.24) is 15.2 Å². The number of carbonyl (C=O) groups is 2. The number of anilines is 1. The standard InChI is InChI=1S/C25H30ClF3N4O3/c1-32(2)24(36)19-8-9-20(31-22(19)26)33-13-10-16(11-14-33)5-4-12-30-23(35)21(25(27,28)29)17-6-3-7-18(34)15-17/h3,6-9,15-16,21,34H,4-5,10-14H2,1-2H3,(H,30,35). The lowest BCUT2D eigenvalue weighted by Crippen LogP contribution is -2.38. The van der Waals surface area contributed by atoms with Crippen LogP contribution in [0.25, 0.3) is 0 Å². The van der Waals surface area contributed by atoms with Crippen LogP contribution in [0, 0.1) is 5.92 Å². The molecule has 1 aliphatic heterocycles. The first-order valence-electron chi connectivity index (χ1n) is 11.7. The number of hydrogen-bond donors (Lipinski definition) is 2. The molecule has 2 N–H and O–H groups in total.